The molecule has 1 saturated heterocycles. The number of likely N-dealkylation sites (tertiary alicyclic amines) is 1. The maximum absolute atomic E-state index is 12.2. The molecule has 0 saturated carbocycles. The van der Waals surface area contributed by atoms with Gasteiger partial charge in [0, 0.05) is 19.5 Å². The van der Waals surface area contributed by atoms with Gasteiger partial charge in [-0.15, -0.1) is 0 Å². The molecule has 1 atom stereocenters. The quantitative estimate of drug-likeness (QED) is 0.154. The second kappa shape index (κ2) is 19.4. The fraction of sp³-hybridized carbons (Fsp3) is 0.926. The molecule has 1 unspecified atom stereocenters. The van der Waals surface area contributed by atoms with Gasteiger partial charge >= 0.3 is 5.97 Å². The molecule has 188 valence electrons. The summed E-state index contributed by atoms with van der Waals surface area (Å²) in [5.41, 5.74) is 0. The van der Waals surface area contributed by atoms with E-state index in [0.717, 1.165) is 25.8 Å². The van der Waals surface area contributed by atoms with Crippen molar-refractivity contribution in [2.75, 3.05) is 39.3 Å². The van der Waals surface area contributed by atoms with E-state index in [-0.39, 0.29) is 17.8 Å². The number of unbranched alkanes of at least 4 members (excludes halogenated alkanes) is 12. The van der Waals surface area contributed by atoms with Gasteiger partial charge in [0.05, 0.1) is 12.5 Å². The Morgan fingerprint density at radius 1 is 0.844 bits per heavy atom. The molecule has 0 aromatic rings. The molecule has 1 amide bonds. The second-order valence-corrected chi connectivity index (χ2v) is 9.53. The van der Waals surface area contributed by atoms with Gasteiger partial charge < -0.3 is 14.5 Å². The van der Waals surface area contributed by atoms with Crippen molar-refractivity contribution < 1.29 is 14.3 Å². The molecule has 0 aromatic heterocycles. The fourth-order valence-corrected chi connectivity index (χ4v) is 4.56. The number of nitrogens with zero attached hydrogens (tertiary/aromatic N) is 2. The maximum Gasteiger partial charge on any atom is 0.311 e. The number of rotatable bonds is 21. The average molecular weight is 453 g/mol. The standard InChI is InChI=1S/C27H52N2O3/c1-4-7-8-19-22-32-27(31)25-23-26(30)29(24-25)21-18-16-14-12-10-9-11-13-15-17-20-28(5-2)6-3/h25H,4-24H2,1-3H3. The largest absolute Gasteiger partial charge is 0.465 e. The van der Waals surface area contributed by atoms with Gasteiger partial charge in [-0.05, 0) is 38.9 Å². The van der Waals surface area contributed by atoms with Crippen LogP contribution in [0.5, 0.6) is 0 Å². The van der Waals surface area contributed by atoms with Crippen molar-refractivity contribution in [3.05, 3.63) is 0 Å². The van der Waals surface area contributed by atoms with E-state index in [4.69, 9.17) is 4.74 Å². The highest BCUT2D eigenvalue weighted by atomic mass is 16.5. The molecule has 0 aromatic carbocycles. The molecule has 0 N–H and O–H groups in total. The summed E-state index contributed by atoms with van der Waals surface area (Å²) in [6.45, 7) is 12.1. The Balaban J connectivity index is 1.94. The van der Waals surface area contributed by atoms with Crippen molar-refractivity contribution in [2.45, 2.75) is 117 Å². The summed E-state index contributed by atoms with van der Waals surface area (Å²) in [6, 6.07) is 0. The van der Waals surface area contributed by atoms with Crippen LogP contribution in [-0.4, -0.2) is 61.0 Å². The highest BCUT2D eigenvalue weighted by molar-refractivity contribution is 5.86. The summed E-state index contributed by atoms with van der Waals surface area (Å²) >= 11 is 0. The predicted octanol–water partition coefficient (Wildman–Crippen LogP) is 6.20. The molecule has 0 bridgehead atoms. The van der Waals surface area contributed by atoms with Gasteiger partial charge in [-0.3, -0.25) is 9.59 Å². The normalized spacial score (nSPS) is 16.3. The lowest BCUT2D eigenvalue weighted by atomic mass is 10.1. The zero-order valence-corrected chi connectivity index (χ0v) is 21.5. The molecule has 1 heterocycles. The summed E-state index contributed by atoms with van der Waals surface area (Å²) in [5.74, 6) is -0.301. The van der Waals surface area contributed by atoms with Crippen LogP contribution in [0.1, 0.15) is 117 Å². The summed E-state index contributed by atoms with van der Waals surface area (Å²) in [4.78, 5) is 28.8. The van der Waals surface area contributed by atoms with Crippen molar-refractivity contribution in [2.24, 2.45) is 5.92 Å². The van der Waals surface area contributed by atoms with Gasteiger partial charge in [0.2, 0.25) is 5.91 Å². The van der Waals surface area contributed by atoms with Crippen LogP contribution in [-0.2, 0) is 14.3 Å². The first-order valence-electron chi connectivity index (χ1n) is 13.8. The van der Waals surface area contributed by atoms with Crippen LogP contribution in [0.4, 0.5) is 0 Å². The Kier molecular flexibility index (Phi) is 17.5. The van der Waals surface area contributed by atoms with Crippen molar-refractivity contribution in [1.29, 1.82) is 0 Å². The first-order chi connectivity index (χ1) is 15.6. The van der Waals surface area contributed by atoms with Crippen LogP contribution < -0.4 is 0 Å². The lowest BCUT2D eigenvalue weighted by molar-refractivity contribution is -0.148. The van der Waals surface area contributed by atoms with Crippen molar-refractivity contribution in [1.82, 2.24) is 9.80 Å². The number of hydrogen-bond donors (Lipinski definition) is 0. The van der Waals surface area contributed by atoms with E-state index in [1.807, 2.05) is 4.90 Å². The van der Waals surface area contributed by atoms with E-state index in [2.05, 4.69) is 25.7 Å². The smallest absolute Gasteiger partial charge is 0.311 e. The molecule has 0 radical (unpaired) electrons. The fourth-order valence-electron chi connectivity index (χ4n) is 4.56. The topological polar surface area (TPSA) is 49.9 Å². The molecule has 32 heavy (non-hydrogen) atoms. The third-order valence-electron chi connectivity index (χ3n) is 6.84. The third-order valence-corrected chi connectivity index (χ3v) is 6.84. The second-order valence-electron chi connectivity index (χ2n) is 9.53. The number of ether oxygens (including phenoxy) is 1. The van der Waals surface area contributed by atoms with Gasteiger partial charge in [-0.25, -0.2) is 0 Å². The van der Waals surface area contributed by atoms with Crippen LogP contribution in [0.3, 0.4) is 0 Å². The molecule has 0 aliphatic carbocycles. The minimum atomic E-state index is -0.249. The number of esters is 1. The number of amides is 1. The van der Waals surface area contributed by atoms with E-state index >= 15 is 0 Å². The van der Waals surface area contributed by atoms with Gasteiger partial charge in [-0.1, -0.05) is 91.4 Å². The van der Waals surface area contributed by atoms with Gasteiger partial charge in [0.15, 0.2) is 0 Å². The minimum absolute atomic E-state index is 0.124. The third kappa shape index (κ3) is 13.4. The Morgan fingerprint density at radius 3 is 2.00 bits per heavy atom. The van der Waals surface area contributed by atoms with E-state index in [0.29, 0.717) is 19.6 Å². The molecule has 5 nitrogen and oxygen atoms in total. The first-order valence-corrected chi connectivity index (χ1v) is 13.8. The summed E-state index contributed by atoms with van der Waals surface area (Å²) < 4.78 is 5.38. The Bertz CT molecular complexity index is 480. The summed E-state index contributed by atoms with van der Waals surface area (Å²) in [5, 5.41) is 0. The molecule has 1 aliphatic heterocycles. The van der Waals surface area contributed by atoms with Crippen molar-refractivity contribution in [3.8, 4) is 0 Å². The van der Waals surface area contributed by atoms with Crippen molar-refractivity contribution >= 4 is 11.9 Å². The SMILES string of the molecule is CCCCCCOC(=O)C1CC(=O)N(CCCCCCCCCCCCN(CC)CC)C1. The molecular weight excluding hydrogens is 400 g/mol. The van der Waals surface area contributed by atoms with Gasteiger partial charge in [0.1, 0.15) is 0 Å². The predicted molar refractivity (Wildman–Crippen MR) is 134 cm³/mol. The van der Waals surface area contributed by atoms with Crippen LogP contribution in [0.2, 0.25) is 0 Å². The summed E-state index contributed by atoms with van der Waals surface area (Å²) in [6.07, 6.45) is 17.7. The van der Waals surface area contributed by atoms with Gasteiger partial charge in [0.25, 0.3) is 0 Å². The Hall–Kier alpha value is -1.10. The van der Waals surface area contributed by atoms with E-state index in [1.165, 1.54) is 90.3 Å². The molecule has 1 rings (SSSR count). The van der Waals surface area contributed by atoms with Crippen LogP contribution in [0.25, 0.3) is 0 Å². The first kappa shape index (κ1) is 28.9. The highest BCUT2D eigenvalue weighted by Crippen LogP contribution is 2.20. The van der Waals surface area contributed by atoms with Crippen LogP contribution in [0, 0.1) is 5.92 Å². The maximum atomic E-state index is 12.2. The molecular formula is C27H52N2O3. The number of carbonyl (C=O) groups is 2. The van der Waals surface area contributed by atoms with Gasteiger partial charge in [-0.2, -0.15) is 0 Å². The molecule has 1 fully saturated rings. The van der Waals surface area contributed by atoms with Crippen molar-refractivity contribution in [3.63, 3.8) is 0 Å². The Morgan fingerprint density at radius 2 is 1.41 bits per heavy atom. The number of carbonyl (C=O) groups excluding carboxylic acids is 2. The Labute approximate surface area is 198 Å². The number of hydrogen-bond acceptors (Lipinski definition) is 4. The average Bonchev–Trinajstić information content (AvgIpc) is 3.17. The summed E-state index contributed by atoms with van der Waals surface area (Å²) in [7, 11) is 0. The van der Waals surface area contributed by atoms with E-state index < -0.39 is 0 Å². The zero-order chi connectivity index (χ0) is 23.4. The van der Waals surface area contributed by atoms with Crippen LogP contribution >= 0.6 is 0 Å². The van der Waals surface area contributed by atoms with E-state index in [9.17, 15) is 9.59 Å². The highest BCUT2D eigenvalue weighted by Gasteiger charge is 2.34. The lowest BCUT2D eigenvalue weighted by Gasteiger charge is -2.17. The zero-order valence-electron chi connectivity index (χ0n) is 21.5. The molecule has 1 aliphatic rings. The monoisotopic (exact) mass is 452 g/mol. The van der Waals surface area contributed by atoms with Crippen LogP contribution in [0.15, 0.2) is 0 Å². The lowest BCUT2D eigenvalue weighted by Crippen LogP contribution is -2.27. The van der Waals surface area contributed by atoms with E-state index in [1.54, 1.807) is 0 Å². The molecule has 0 spiro atoms. The molecule has 5 heteroatoms. The minimum Gasteiger partial charge on any atom is -0.465 e.